The van der Waals surface area contributed by atoms with E-state index < -0.39 is 11.8 Å². The van der Waals surface area contributed by atoms with Crippen molar-refractivity contribution in [2.75, 3.05) is 24.4 Å². The maximum Gasteiger partial charge on any atom is 0.323 e. The van der Waals surface area contributed by atoms with Gasteiger partial charge >= 0.3 is 6.03 Å². The summed E-state index contributed by atoms with van der Waals surface area (Å²) in [4.78, 5) is 27.2. The van der Waals surface area contributed by atoms with E-state index in [9.17, 15) is 14.0 Å². The molecule has 0 fully saturated rings. The summed E-state index contributed by atoms with van der Waals surface area (Å²) in [6.45, 7) is 2.20. The number of anilines is 2. The van der Waals surface area contributed by atoms with Crippen molar-refractivity contribution in [3.8, 4) is 23.0 Å². The zero-order valence-electron chi connectivity index (χ0n) is 20.4. The molecule has 0 aliphatic carbocycles. The van der Waals surface area contributed by atoms with Crippen molar-refractivity contribution in [1.82, 2.24) is 4.98 Å². The van der Waals surface area contributed by atoms with Crippen LogP contribution in [0.1, 0.15) is 18.4 Å². The number of methoxy groups -OCH3 is 1. The summed E-state index contributed by atoms with van der Waals surface area (Å²) in [6.07, 6.45) is 3.52. The third kappa shape index (κ3) is 6.52. The fraction of sp³-hybridized carbons (Fsp3) is 0.179. The summed E-state index contributed by atoms with van der Waals surface area (Å²) in [6, 6.07) is 16.0. The Hall–Kier alpha value is -4.66. The van der Waals surface area contributed by atoms with Crippen LogP contribution in [0.15, 0.2) is 66.9 Å². The number of amides is 2. The number of aldehydes is 1. The molecule has 37 heavy (non-hydrogen) atoms. The number of benzene rings is 3. The fourth-order valence-electron chi connectivity index (χ4n) is 3.59. The molecule has 2 amide bonds. The highest BCUT2D eigenvalue weighted by atomic mass is 19.1. The molecule has 0 saturated heterocycles. The van der Waals surface area contributed by atoms with Crippen molar-refractivity contribution in [1.29, 1.82) is 0 Å². The van der Waals surface area contributed by atoms with Crippen LogP contribution in [0.4, 0.5) is 20.6 Å². The number of aromatic nitrogens is 1. The van der Waals surface area contributed by atoms with Crippen LogP contribution in [0.25, 0.3) is 10.9 Å². The average molecular weight is 504 g/mol. The van der Waals surface area contributed by atoms with Crippen molar-refractivity contribution < 1.29 is 28.2 Å². The molecule has 1 heterocycles. The van der Waals surface area contributed by atoms with E-state index in [1.807, 2.05) is 6.92 Å². The monoisotopic (exact) mass is 503 g/mol. The molecule has 190 valence electrons. The minimum absolute atomic E-state index is 0.104. The standard InChI is InChI=1S/C28H26FN3O5/c1-18-5-10-22(29)24(15-18)32-28(34)31-19-6-8-20(9-7-19)37-25-11-12-30-23-17-27(36-14-4-3-13-33)26(35-2)16-21(23)25/h5-13,15-17H,3-4,14H2,1-2H3,(H2,31,32,34). The van der Waals surface area contributed by atoms with Crippen LogP contribution in [0.3, 0.4) is 0 Å². The number of hydrogen-bond acceptors (Lipinski definition) is 6. The van der Waals surface area contributed by atoms with Crippen LogP contribution in [0.5, 0.6) is 23.0 Å². The number of hydrogen-bond donors (Lipinski definition) is 2. The average Bonchev–Trinajstić information content (AvgIpc) is 2.89. The normalized spacial score (nSPS) is 10.6. The summed E-state index contributed by atoms with van der Waals surface area (Å²) in [7, 11) is 1.55. The van der Waals surface area contributed by atoms with Gasteiger partial charge in [0.2, 0.25) is 0 Å². The van der Waals surface area contributed by atoms with Crippen LogP contribution in [-0.4, -0.2) is 31.0 Å². The highest BCUT2D eigenvalue weighted by Gasteiger charge is 2.13. The lowest BCUT2D eigenvalue weighted by Crippen LogP contribution is -2.20. The minimum Gasteiger partial charge on any atom is -0.493 e. The lowest BCUT2D eigenvalue weighted by molar-refractivity contribution is -0.108. The molecule has 0 aliphatic rings. The number of nitrogens with zero attached hydrogens (tertiary/aromatic N) is 1. The first kappa shape index (κ1) is 25.4. The second-order valence-corrected chi connectivity index (χ2v) is 8.18. The molecule has 0 radical (unpaired) electrons. The number of pyridine rings is 1. The number of unbranched alkanes of at least 4 members (excludes halogenated alkanes) is 1. The Balaban J connectivity index is 1.45. The van der Waals surface area contributed by atoms with Gasteiger partial charge in [-0.25, -0.2) is 9.18 Å². The number of aryl methyl sites for hydroxylation is 1. The highest BCUT2D eigenvalue weighted by Crippen LogP contribution is 2.37. The van der Waals surface area contributed by atoms with Crippen LogP contribution >= 0.6 is 0 Å². The fourth-order valence-corrected chi connectivity index (χ4v) is 3.59. The number of fused-ring (bicyclic) bond motifs is 1. The van der Waals surface area contributed by atoms with Gasteiger partial charge in [-0.1, -0.05) is 6.07 Å². The lowest BCUT2D eigenvalue weighted by atomic mass is 10.1. The van der Waals surface area contributed by atoms with E-state index in [1.165, 1.54) is 6.07 Å². The quantitative estimate of drug-likeness (QED) is 0.190. The molecule has 3 aromatic carbocycles. The van der Waals surface area contributed by atoms with E-state index in [2.05, 4.69) is 15.6 Å². The minimum atomic E-state index is -0.561. The topological polar surface area (TPSA) is 98.8 Å². The number of ether oxygens (including phenoxy) is 3. The summed E-state index contributed by atoms with van der Waals surface area (Å²) in [5.74, 6) is 1.64. The van der Waals surface area contributed by atoms with E-state index in [0.29, 0.717) is 53.7 Å². The lowest BCUT2D eigenvalue weighted by Gasteiger charge is -2.14. The number of carbonyl (C=O) groups excluding carboxylic acids is 2. The molecule has 1 aromatic heterocycles. The Labute approximate surface area is 213 Å². The number of halogens is 1. The third-order valence-electron chi connectivity index (χ3n) is 5.42. The molecular formula is C28H26FN3O5. The van der Waals surface area contributed by atoms with E-state index in [0.717, 1.165) is 17.2 Å². The Morgan fingerprint density at radius 1 is 1.00 bits per heavy atom. The zero-order valence-corrected chi connectivity index (χ0v) is 20.4. The Morgan fingerprint density at radius 2 is 1.81 bits per heavy atom. The molecule has 0 saturated carbocycles. The van der Waals surface area contributed by atoms with E-state index >= 15 is 0 Å². The molecule has 9 heteroatoms. The van der Waals surface area contributed by atoms with Crippen molar-refractivity contribution >= 4 is 34.6 Å². The van der Waals surface area contributed by atoms with Crippen molar-refractivity contribution in [3.05, 3.63) is 78.2 Å². The zero-order chi connectivity index (χ0) is 26.2. The molecule has 0 unspecified atom stereocenters. The predicted molar refractivity (Wildman–Crippen MR) is 139 cm³/mol. The van der Waals surface area contributed by atoms with Crippen LogP contribution in [-0.2, 0) is 4.79 Å². The van der Waals surface area contributed by atoms with Crippen molar-refractivity contribution in [2.24, 2.45) is 0 Å². The molecule has 0 spiro atoms. The Bertz CT molecular complexity index is 1410. The van der Waals surface area contributed by atoms with Crippen LogP contribution in [0, 0.1) is 12.7 Å². The largest absolute Gasteiger partial charge is 0.493 e. The second-order valence-electron chi connectivity index (χ2n) is 8.18. The van der Waals surface area contributed by atoms with Gasteiger partial charge in [0.1, 0.15) is 23.6 Å². The Morgan fingerprint density at radius 3 is 2.57 bits per heavy atom. The molecule has 4 rings (SSSR count). The van der Waals surface area contributed by atoms with Gasteiger partial charge in [0.25, 0.3) is 0 Å². The molecular weight excluding hydrogens is 477 g/mol. The van der Waals surface area contributed by atoms with Gasteiger partial charge in [-0.2, -0.15) is 0 Å². The smallest absolute Gasteiger partial charge is 0.323 e. The first-order chi connectivity index (χ1) is 18.0. The summed E-state index contributed by atoms with van der Waals surface area (Å²) >= 11 is 0. The first-order valence-corrected chi connectivity index (χ1v) is 11.6. The number of nitrogens with one attached hydrogen (secondary N) is 2. The van der Waals surface area contributed by atoms with Crippen LogP contribution in [0.2, 0.25) is 0 Å². The summed E-state index contributed by atoms with van der Waals surface area (Å²) < 4.78 is 31.2. The second kappa shape index (κ2) is 11.9. The van der Waals surface area contributed by atoms with Crippen molar-refractivity contribution in [2.45, 2.75) is 19.8 Å². The van der Waals surface area contributed by atoms with E-state index in [4.69, 9.17) is 14.2 Å². The SMILES string of the molecule is COc1cc2c(Oc3ccc(NC(=O)Nc4cc(C)ccc4F)cc3)ccnc2cc1OCCCC=O. The molecule has 4 aromatic rings. The molecule has 8 nitrogen and oxygen atoms in total. The van der Waals surface area contributed by atoms with Gasteiger partial charge in [-0.3, -0.25) is 4.98 Å². The predicted octanol–water partition coefficient (Wildman–Crippen LogP) is 6.49. The van der Waals surface area contributed by atoms with Gasteiger partial charge in [0.15, 0.2) is 11.5 Å². The third-order valence-corrected chi connectivity index (χ3v) is 5.42. The van der Waals surface area contributed by atoms with Gasteiger partial charge < -0.3 is 29.6 Å². The Kier molecular flexibility index (Phi) is 8.15. The molecule has 0 aliphatic heterocycles. The maximum absolute atomic E-state index is 13.9. The number of rotatable bonds is 10. The van der Waals surface area contributed by atoms with Gasteiger partial charge in [-0.15, -0.1) is 0 Å². The number of urea groups is 1. The van der Waals surface area contributed by atoms with E-state index in [1.54, 1.807) is 67.9 Å². The summed E-state index contributed by atoms with van der Waals surface area (Å²) in [5.41, 5.74) is 2.10. The van der Waals surface area contributed by atoms with Crippen LogP contribution < -0.4 is 24.8 Å². The van der Waals surface area contributed by atoms with E-state index in [-0.39, 0.29) is 5.69 Å². The maximum atomic E-state index is 13.9. The van der Waals surface area contributed by atoms with Crippen molar-refractivity contribution in [3.63, 3.8) is 0 Å². The molecule has 2 N–H and O–H groups in total. The molecule has 0 atom stereocenters. The highest BCUT2D eigenvalue weighted by molar-refractivity contribution is 5.99. The molecule has 0 bridgehead atoms. The number of carbonyl (C=O) groups is 2. The first-order valence-electron chi connectivity index (χ1n) is 11.6. The van der Waals surface area contributed by atoms with Gasteiger partial charge in [-0.05, 0) is 67.4 Å². The van der Waals surface area contributed by atoms with Gasteiger partial charge in [0, 0.05) is 29.8 Å². The summed E-state index contributed by atoms with van der Waals surface area (Å²) in [5, 5.41) is 5.90. The van der Waals surface area contributed by atoms with Gasteiger partial charge in [0.05, 0.1) is 24.9 Å².